The topological polar surface area (TPSA) is 59.5 Å². The summed E-state index contributed by atoms with van der Waals surface area (Å²) in [6.45, 7) is 2.78. The molecule has 2 aliphatic carbocycles. The van der Waals surface area contributed by atoms with Crippen molar-refractivity contribution in [1.82, 2.24) is 4.90 Å². The molecular weight excluding hydrogens is 264 g/mol. The van der Waals surface area contributed by atoms with Gasteiger partial charge in [-0.1, -0.05) is 19.8 Å². The van der Waals surface area contributed by atoms with Gasteiger partial charge in [0.25, 0.3) is 0 Å². The molecule has 0 spiro atoms. The lowest BCUT2D eigenvalue weighted by atomic mass is 9.94. The average Bonchev–Trinajstić information content (AvgIpc) is 2.84. The van der Waals surface area contributed by atoms with Gasteiger partial charge < -0.3 is 15.1 Å². The molecule has 2 saturated carbocycles. The molecule has 1 aromatic heterocycles. The number of rotatable bonds is 5. The van der Waals surface area contributed by atoms with Crippen LogP contribution in [0.2, 0.25) is 0 Å². The van der Waals surface area contributed by atoms with Crippen LogP contribution in [0.1, 0.15) is 62.9 Å². The first kappa shape index (κ1) is 14.6. The third-order valence-electron chi connectivity index (χ3n) is 5.08. The lowest BCUT2D eigenvalue weighted by Crippen LogP contribution is -2.42. The van der Waals surface area contributed by atoms with Crippen LogP contribution < -0.4 is 5.73 Å². The molecule has 2 N–H and O–H groups in total. The zero-order valence-electron chi connectivity index (χ0n) is 13.1. The normalized spacial score (nSPS) is 26.8. The number of amides is 1. The second kappa shape index (κ2) is 5.48. The van der Waals surface area contributed by atoms with Gasteiger partial charge in [-0.2, -0.15) is 0 Å². The van der Waals surface area contributed by atoms with E-state index in [2.05, 4.69) is 13.0 Å². The maximum atomic E-state index is 12.3. The van der Waals surface area contributed by atoms with E-state index in [9.17, 15) is 4.79 Å². The molecular formula is C17H26N2O2. The Balaban J connectivity index is 1.54. The highest BCUT2D eigenvalue weighted by Crippen LogP contribution is 2.47. The zero-order chi connectivity index (χ0) is 15.0. The molecule has 116 valence electrons. The minimum Gasteiger partial charge on any atom is -0.464 e. The van der Waals surface area contributed by atoms with E-state index in [4.69, 9.17) is 10.2 Å². The molecule has 2 aliphatic rings. The molecule has 0 bridgehead atoms. The van der Waals surface area contributed by atoms with Crippen LogP contribution in [0.5, 0.6) is 0 Å². The molecule has 4 nitrogen and oxygen atoms in total. The molecule has 1 heterocycles. The van der Waals surface area contributed by atoms with Crippen LogP contribution in [0.25, 0.3) is 0 Å². The zero-order valence-corrected chi connectivity index (χ0v) is 13.1. The summed E-state index contributed by atoms with van der Waals surface area (Å²) in [5.41, 5.74) is 6.01. The Morgan fingerprint density at radius 1 is 1.43 bits per heavy atom. The van der Waals surface area contributed by atoms with E-state index in [1.807, 2.05) is 13.1 Å². The van der Waals surface area contributed by atoms with Gasteiger partial charge in [0.1, 0.15) is 11.5 Å². The summed E-state index contributed by atoms with van der Waals surface area (Å²) in [4.78, 5) is 14.1. The Bertz CT molecular complexity index is 517. The molecule has 0 saturated heterocycles. The Morgan fingerprint density at radius 2 is 2.10 bits per heavy atom. The summed E-state index contributed by atoms with van der Waals surface area (Å²) < 4.78 is 5.87. The molecule has 2 atom stereocenters. The largest absolute Gasteiger partial charge is 0.464 e. The van der Waals surface area contributed by atoms with Crippen molar-refractivity contribution in [2.45, 2.75) is 63.5 Å². The van der Waals surface area contributed by atoms with Gasteiger partial charge >= 0.3 is 0 Å². The summed E-state index contributed by atoms with van der Waals surface area (Å²) >= 11 is 0. The molecule has 0 radical (unpaired) electrons. The second-order valence-electron chi connectivity index (χ2n) is 7.12. The minimum atomic E-state index is -0.275. The van der Waals surface area contributed by atoms with Crippen LogP contribution in [0.3, 0.4) is 0 Å². The Hall–Kier alpha value is -1.29. The van der Waals surface area contributed by atoms with E-state index in [-0.39, 0.29) is 11.4 Å². The van der Waals surface area contributed by atoms with Gasteiger partial charge in [0.15, 0.2) is 0 Å². The predicted molar refractivity (Wildman–Crippen MR) is 81.7 cm³/mol. The van der Waals surface area contributed by atoms with Crippen LogP contribution in [0.4, 0.5) is 0 Å². The van der Waals surface area contributed by atoms with Crippen molar-refractivity contribution in [2.75, 3.05) is 7.05 Å². The van der Waals surface area contributed by atoms with Gasteiger partial charge in [0.2, 0.25) is 5.91 Å². The van der Waals surface area contributed by atoms with Crippen LogP contribution >= 0.6 is 0 Å². The monoisotopic (exact) mass is 290 g/mol. The number of carbonyl (C=O) groups is 1. The minimum absolute atomic E-state index is 0.122. The lowest BCUT2D eigenvalue weighted by Gasteiger charge is -2.25. The lowest BCUT2D eigenvalue weighted by molar-refractivity contribution is -0.131. The molecule has 1 amide bonds. The smallest absolute Gasteiger partial charge is 0.224 e. The van der Waals surface area contributed by atoms with E-state index in [0.29, 0.717) is 18.9 Å². The second-order valence-corrected chi connectivity index (χ2v) is 7.12. The van der Waals surface area contributed by atoms with Crippen LogP contribution in [-0.2, 0) is 11.3 Å². The standard InChI is InChI=1S/C17H26N2O2/c1-12-9-14(12)15-6-5-13(21-15)11-19(2)16(20)10-17(18)7-3-4-8-17/h5-6,12,14H,3-4,7-11,18H2,1-2H3. The first-order chi connectivity index (χ1) is 9.97. The molecule has 0 aliphatic heterocycles. The first-order valence-electron chi connectivity index (χ1n) is 8.08. The quantitative estimate of drug-likeness (QED) is 0.906. The fourth-order valence-corrected chi connectivity index (χ4v) is 3.41. The summed E-state index contributed by atoms with van der Waals surface area (Å²) in [5, 5.41) is 0. The van der Waals surface area contributed by atoms with Crippen LogP contribution in [0.15, 0.2) is 16.5 Å². The summed E-state index contributed by atoms with van der Waals surface area (Å²) in [6.07, 6.45) is 5.91. The van der Waals surface area contributed by atoms with E-state index in [0.717, 1.165) is 43.1 Å². The van der Waals surface area contributed by atoms with Gasteiger partial charge in [0, 0.05) is 24.9 Å². The Morgan fingerprint density at radius 3 is 2.71 bits per heavy atom. The summed E-state index contributed by atoms with van der Waals surface area (Å²) in [6, 6.07) is 4.06. The molecule has 3 rings (SSSR count). The number of carbonyl (C=O) groups excluding carboxylic acids is 1. The molecule has 0 aromatic carbocycles. The SMILES string of the molecule is CC1CC1c1ccc(CN(C)C(=O)CC2(N)CCCC2)o1. The average molecular weight is 290 g/mol. The summed E-state index contributed by atoms with van der Waals surface area (Å²) in [5.74, 6) is 3.40. The first-order valence-corrected chi connectivity index (χ1v) is 8.08. The number of hydrogen-bond acceptors (Lipinski definition) is 3. The van der Waals surface area contributed by atoms with Crippen molar-refractivity contribution >= 4 is 5.91 Å². The highest BCUT2D eigenvalue weighted by Gasteiger charge is 2.37. The van der Waals surface area contributed by atoms with Gasteiger partial charge in [-0.05, 0) is 37.3 Å². The van der Waals surface area contributed by atoms with E-state index >= 15 is 0 Å². The van der Waals surface area contributed by atoms with Crippen molar-refractivity contribution in [3.05, 3.63) is 23.7 Å². The van der Waals surface area contributed by atoms with Crippen molar-refractivity contribution in [3.63, 3.8) is 0 Å². The Kier molecular flexibility index (Phi) is 3.82. The number of furan rings is 1. The van der Waals surface area contributed by atoms with Crippen molar-refractivity contribution in [1.29, 1.82) is 0 Å². The fourth-order valence-electron chi connectivity index (χ4n) is 3.41. The van der Waals surface area contributed by atoms with Gasteiger partial charge in [-0.25, -0.2) is 0 Å². The fraction of sp³-hybridized carbons (Fsp3) is 0.706. The number of nitrogens with zero attached hydrogens (tertiary/aromatic N) is 1. The van der Waals surface area contributed by atoms with Gasteiger partial charge in [-0.3, -0.25) is 4.79 Å². The number of nitrogens with two attached hydrogens (primary N) is 1. The van der Waals surface area contributed by atoms with E-state index < -0.39 is 0 Å². The van der Waals surface area contributed by atoms with Gasteiger partial charge in [0.05, 0.1) is 6.54 Å². The van der Waals surface area contributed by atoms with Crippen molar-refractivity contribution in [3.8, 4) is 0 Å². The van der Waals surface area contributed by atoms with E-state index in [1.54, 1.807) is 4.90 Å². The number of hydrogen-bond donors (Lipinski definition) is 1. The molecule has 2 fully saturated rings. The summed E-state index contributed by atoms with van der Waals surface area (Å²) in [7, 11) is 1.84. The van der Waals surface area contributed by atoms with Crippen molar-refractivity contribution in [2.24, 2.45) is 11.7 Å². The maximum Gasteiger partial charge on any atom is 0.224 e. The molecule has 2 unspecified atom stereocenters. The van der Waals surface area contributed by atoms with Crippen LogP contribution in [-0.4, -0.2) is 23.4 Å². The van der Waals surface area contributed by atoms with Gasteiger partial charge in [-0.15, -0.1) is 0 Å². The third kappa shape index (κ3) is 3.31. The van der Waals surface area contributed by atoms with E-state index in [1.165, 1.54) is 6.42 Å². The van der Waals surface area contributed by atoms with Crippen molar-refractivity contribution < 1.29 is 9.21 Å². The molecule has 4 heteroatoms. The predicted octanol–water partition coefficient (Wildman–Crippen LogP) is 3.02. The third-order valence-corrected chi connectivity index (χ3v) is 5.08. The van der Waals surface area contributed by atoms with Crippen LogP contribution in [0, 0.1) is 5.92 Å². The molecule has 1 aromatic rings. The highest BCUT2D eigenvalue weighted by atomic mass is 16.3. The maximum absolute atomic E-state index is 12.3. The molecule has 21 heavy (non-hydrogen) atoms. The Labute approximate surface area is 126 Å². The highest BCUT2D eigenvalue weighted by molar-refractivity contribution is 5.77.